The van der Waals surface area contributed by atoms with E-state index in [1.54, 1.807) is 0 Å². The summed E-state index contributed by atoms with van der Waals surface area (Å²) in [6.45, 7) is 7.96. The zero-order chi connectivity index (χ0) is 9.90. The lowest BCUT2D eigenvalue weighted by molar-refractivity contribution is 0.112. The number of aliphatic hydroxyl groups excluding tert-OH is 1. The van der Waals surface area contributed by atoms with Crippen LogP contribution in [0.5, 0.6) is 0 Å². The Morgan fingerprint density at radius 2 is 2.15 bits per heavy atom. The van der Waals surface area contributed by atoms with Crippen molar-refractivity contribution in [2.24, 2.45) is 11.3 Å². The molecule has 78 valence electrons. The smallest absolute Gasteiger partial charge is 0.0556 e. The molecule has 1 saturated carbocycles. The van der Waals surface area contributed by atoms with Gasteiger partial charge in [-0.15, -0.1) is 0 Å². The van der Waals surface area contributed by atoms with Crippen LogP contribution in [-0.2, 0) is 0 Å². The van der Waals surface area contributed by atoms with Crippen molar-refractivity contribution in [3.05, 3.63) is 0 Å². The van der Waals surface area contributed by atoms with E-state index < -0.39 is 0 Å². The van der Waals surface area contributed by atoms with E-state index in [2.05, 4.69) is 26.1 Å². The number of nitrogens with one attached hydrogen (secondary N) is 1. The Hall–Kier alpha value is -0.0800. The van der Waals surface area contributed by atoms with Crippen LogP contribution >= 0.6 is 0 Å². The molecule has 0 saturated heterocycles. The van der Waals surface area contributed by atoms with Gasteiger partial charge in [0.25, 0.3) is 0 Å². The van der Waals surface area contributed by atoms with Gasteiger partial charge in [-0.3, -0.25) is 0 Å². The topological polar surface area (TPSA) is 32.3 Å². The van der Waals surface area contributed by atoms with Crippen molar-refractivity contribution in [3.63, 3.8) is 0 Å². The molecule has 2 heteroatoms. The maximum atomic E-state index is 8.79. The highest BCUT2D eigenvalue weighted by Gasteiger charge is 2.35. The molecule has 2 atom stereocenters. The van der Waals surface area contributed by atoms with Crippen LogP contribution in [0.25, 0.3) is 0 Å². The lowest BCUT2D eigenvalue weighted by Crippen LogP contribution is -2.49. The molecule has 0 aromatic rings. The van der Waals surface area contributed by atoms with Gasteiger partial charge in [-0.05, 0) is 24.2 Å². The first-order valence-corrected chi connectivity index (χ1v) is 5.42. The second kappa shape index (κ2) is 4.43. The molecule has 2 unspecified atom stereocenters. The Bertz CT molecular complexity index is 156. The maximum Gasteiger partial charge on any atom is 0.0556 e. The van der Waals surface area contributed by atoms with Crippen LogP contribution in [-0.4, -0.2) is 24.3 Å². The summed E-state index contributed by atoms with van der Waals surface area (Å²) in [7, 11) is 0. The first-order valence-electron chi connectivity index (χ1n) is 5.42. The van der Waals surface area contributed by atoms with Gasteiger partial charge in [0, 0.05) is 12.6 Å². The van der Waals surface area contributed by atoms with Gasteiger partial charge in [-0.2, -0.15) is 0 Å². The molecule has 2 nitrogen and oxygen atoms in total. The molecule has 0 aromatic carbocycles. The Morgan fingerprint density at radius 1 is 1.46 bits per heavy atom. The first kappa shape index (κ1) is 11.0. The summed E-state index contributed by atoms with van der Waals surface area (Å²) in [4.78, 5) is 0. The molecule has 13 heavy (non-hydrogen) atoms. The Labute approximate surface area is 81.7 Å². The molecule has 0 heterocycles. The minimum absolute atomic E-state index is 0.249. The van der Waals surface area contributed by atoms with Gasteiger partial charge < -0.3 is 10.4 Å². The third kappa shape index (κ3) is 2.68. The summed E-state index contributed by atoms with van der Waals surface area (Å²) >= 11 is 0. The quantitative estimate of drug-likeness (QED) is 0.702. The minimum atomic E-state index is 0.249. The average molecular weight is 185 g/mol. The molecule has 0 bridgehead atoms. The van der Waals surface area contributed by atoms with Gasteiger partial charge in [0.2, 0.25) is 0 Å². The van der Waals surface area contributed by atoms with E-state index in [1.165, 1.54) is 19.3 Å². The molecule has 0 aliphatic heterocycles. The fourth-order valence-corrected chi connectivity index (χ4v) is 2.67. The number of rotatable bonds is 3. The molecular weight excluding hydrogens is 162 g/mol. The zero-order valence-corrected chi connectivity index (χ0v) is 9.14. The SMILES string of the molecule is CC1CCCC(C)(C)C1NCCO. The van der Waals surface area contributed by atoms with Gasteiger partial charge in [0.15, 0.2) is 0 Å². The van der Waals surface area contributed by atoms with Crippen LogP contribution in [0.2, 0.25) is 0 Å². The molecule has 1 aliphatic rings. The predicted molar refractivity (Wildman–Crippen MR) is 55.7 cm³/mol. The lowest BCUT2D eigenvalue weighted by Gasteiger charge is -2.43. The standard InChI is InChI=1S/C11H23NO/c1-9-5-4-6-11(2,3)10(9)12-7-8-13/h9-10,12-13H,4-8H2,1-3H3. The molecular formula is C11H23NO. The summed E-state index contributed by atoms with van der Waals surface area (Å²) in [5.41, 5.74) is 0.396. The number of hydrogen-bond acceptors (Lipinski definition) is 2. The van der Waals surface area contributed by atoms with E-state index in [0.717, 1.165) is 12.5 Å². The molecule has 0 radical (unpaired) electrons. The summed E-state index contributed by atoms with van der Waals surface area (Å²) in [6.07, 6.45) is 3.98. The second-order valence-electron chi connectivity index (χ2n) is 5.01. The summed E-state index contributed by atoms with van der Waals surface area (Å²) in [5, 5.41) is 12.3. The molecule has 0 amide bonds. The Kier molecular flexibility index (Phi) is 3.74. The van der Waals surface area contributed by atoms with Crippen LogP contribution in [0.3, 0.4) is 0 Å². The molecule has 0 aromatic heterocycles. The summed E-state index contributed by atoms with van der Waals surface area (Å²) in [5.74, 6) is 0.746. The average Bonchev–Trinajstić information content (AvgIpc) is 2.02. The van der Waals surface area contributed by atoms with E-state index >= 15 is 0 Å². The molecule has 1 rings (SSSR count). The van der Waals surface area contributed by atoms with Crippen LogP contribution < -0.4 is 5.32 Å². The van der Waals surface area contributed by atoms with Crippen molar-refractivity contribution < 1.29 is 5.11 Å². The van der Waals surface area contributed by atoms with Crippen molar-refractivity contribution in [2.45, 2.75) is 46.1 Å². The van der Waals surface area contributed by atoms with Gasteiger partial charge in [0.05, 0.1) is 6.61 Å². The Morgan fingerprint density at radius 3 is 2.69 bits per heavy atom. The third-order valence-electron chi connectivity index (χ3n) is 3.37. The molecule has 0 spiro atoms. The van der Waals surface area contributed by atoms with Crippen molar-refractivity contribution >= 4 is 0 Å². The third-order valence-corrected chi connectivity index (χ3v) is 3.37. The molecule has 1 aliphatic carbocycles. The van der Waals surface area contributed by atoms with E-state index in [-0.39, 0.29) is 6.61 Å². The lowest BCUT2D eigenvalue weighted by atomic mass is 9.68. The first-order chi connectivity index (χ1) is 6.08. The highest BCUT2D eigenvalue weighted by molar-refractivity contribution is 4.91. The second-order valence-corrected chi connectivity index (χ2v) is 5.01. The number of hydrogen-bond donors (Lipinski definition) is 2. The highest BCUT2D eigenvalue weighted by atomic mass is 16.3. The normalized spacial score (nSPS) is 33.2. The fourth-order valence-electron chi connectivity index (χ4n) is 2.67. The number of aliphatic hydroxyl groups is 1. The van der Waals surface area contributed by atoms with Gasteiger partial charge in [-0.1, -0.05) is 27.2 Å². The van der Waals surface area contributed by atoms with Gasteiger partial charge in [0.1, 0.15) is 0 Å². The van der Waals surface area contributed by atoms with Crippen LogP contribution in [0.1, 0.15) is 40.0 Å². The highest BCUT2D eigenvalue weighted by Crippen LogP contribution is 2.38. The van der Waals surface area contributed by atoms with E-state index in [1.807, 2.05) is 0 Å². The molecule has 1 fully saturated rings. The van der Waals surface area contributed by atoms with Gasteiger partial charge >= 0.3 is 0 Å². The van der Waals surface area contributed by atoms with Gasteiger partial charge in [-0.25, -0.2) is 0 Å². The van der Waals surface area contributed by atoms with E-state index in [0.29, 0.717) is 11.5 Å². The minimum Gasteiger partial charge on any atom is -0.395 e. The summed E-state index contributed by atoms with van der Waals surface area (Å²) < 4.78 is 0. The van der Waals surface area contributed by atoms with Crippen molar-refractivity contribution in [3.8, 4) is 0 Å². The van der Waals surface area contributed by atoms with Crippen LogP contribution in [0, 0.1) is 11.3 Å². The maximum absolute atomic E-state index is 8.79. The fraction of sp³-hybridized carbons (Fsp3) is 1.00. The molecule has 2 N–H and O–H groups in total. The largest absolute Gasteiger partial charge is 0.395 e. The predicted octanol–water partition coefficient (Wildman–Crippen LogP) is 1.78. The van der Waals surface area contributed by atoms with Crippen molar-refractivity contribution in [2.75, 3.05) is 13.2 Å². The van der Waals surface area contributed by atoms with Crippen LogP contribution in [0.4, 0.5) is 0 Å². The van der Waals surface area contributed by atoms with Crippen LogP contribution in [0.15, 0.2) is 0 Å². The van der Waals surface area contributed by atoms with E-state index in [4.69, 9.17) is 5.11 Å². The monoisotopic (exact) mass is 185 g/mol. The summed E-state index contributed by atoms with van der Waals surface area (Å²) in [6, 6.07) is 0.577. The Balaban J connectivity index is 2.52. The zero-order valence-electron chi connectivity index (χ0n) is 9.14. The van der Waals surface area contributed by atoms with Crippen molar-refractivity contribution in [1.82, 2.24) is 5.32 Å². The van der Waals surface area contributed by atoms with E-state index in [9.17, 15) is 0 Å². The van der Waals surface area contributed by atoms with Crippen molar-refractivity contribution in [1.29, 1.82) is 0 Å².